The van der Waals surface area contributed by atoms with Gasteiger partial charge >= 0.3 is 0 Å². The normalized spacial score (nSPS) is 13.5. The molecule has 3 heterocycles. The average molecular weight is 468 g/mol. The third-order valence-electron chi connectivity index (χ3n) is 5.79. The van der Waals surface area contributed by atoms with E-state index in [1.807, 2.05) is 0 Å². The van der Waals surface area contributed by atoms with Crippen LogP contribution < -0.4 is 0 Å². The fraction of sp³-hybridized carbons (Fsp3) is 0.208. The van der Waals surface area contributed by atoms with Gasteiger partial charge in [0.25, 0.3) is 17.5 Å². The number of aliphatic hydroxyl groups excluding tert-OH is 1. The van der Waals surface area contributed by atoms with E-state index < -0.39 is 0 Å². The number of nitrogens with zero attached hydrogens (tertiary/aromatic N) is 8. The average Bonchev–Trinajstić information content (AvgIpc) is 3.58. The SMILES string of the molecule is [C-]#[N+]c1cnn(-c2ncccn2)c1/N=N/c1c(O)c(C(=O)N2CCCC2)cc2cc(CO)ccc12. The van der Waals surface area contributed by atoms with Crippen LogP contribution in [0.2, 0.25) is 0 Å². The molecule has 1 aliphatic rings. The van der Waals surface area contributed by atoms with Crippen molar-refractivity contribution >= 4 is 33.9 Å². The van der Waals surface area contributed by atoms with Crippen molar-refractivity contribution in [2.75, 3.05) is 13.1 Å². The standard InChI is InChI=1S/C24H20N8O3/c1-25-19-13-28-32(24-26-7-4-8-27-24)22(19)30-29-20-17-6-5-15(14-33)11-16(17)12-18(21(20)34)23(35)31-9-2-3-10-31/h4-8,11-13,33-34H,2-3,9-10,14H2/b30-29+. The van der Waals surface area contributed by atoms with E-state index >= 15 is 0 Å². The summed E-state index contributed by atoms with van der Waals surface area (Å²) in [6, 6.07) is 8.40. The number of phenols is 1. The summed E-state index contributed by atoms with van der Waals surface area (Å²) in [5.74, 6) is -0.309. The Balaban J connectivity index is 1.67. The predicted octanol–water partition coefficient (Wildman–Crippen LogP) is 4.22. The number of likely N-dealkylation sites (tertiary alicyclic amines) is 1. The molecule has 1 fully saturated rings. The van der Waals surface area contributed by atoms with Gasteiger partial charge in [-0.05, 0) is 42.0 Å². The number of aliphatic hydroxyl groups is 1. The molecule has 174 valence electrons. The van der Waals surface area contributed by atoms with Gasteiger partial charge in [0.05, 0.1) is 24.9 Å². The Bertz CT molecular complexity index is 1480. The molecule has 1 aliphatic heterocycles. The molecule has 35 heavy (non-hydrogen) atoms. The van der Waals surface area contributed by atoms with E-state index in [1.54, 1.807) is 35.2 Å². The summed E-state index contributed by atoms with van der Waals surface area (Å²) in [5, 5.41) is 34.5. The van der Waals surface area contributed by atoms with E-state index in [0.29, 0.717) is 29.4 Å². The largest absolute Gasteiger partial charge is 0.505 e. The first-order valence-electron chi connectivity index (χ1n) is 10.9. The van der Waals surface area contributed by atoms with Crippen molar-refractivity contribution < 1.29 is 15.0 Å². The number of aromatic nitrogens is 4. The molecule has 0 saturated carbocycles. The predicted molar refractivity (Wildman–Crippen MR) is 126 cm³/mol. The Morgan fingerprint density at radius 3 is 2.63 bits per heavy atom. The Kier molecular flexibility index (Phi) is 5.87. The van der Waals surface area contributed by atoms with Crippen molar-refractivity contribution in [3.05, 3.63) is 71.5 Å². The Hall–Kier alpha value is -4.69. The molecule has 2 aromatic heterocycles. The summed E-state index contributed by atoms with van der Waals surface area (Å²) in [6.45, 7) is 8.52. The number of benzene rings is 2. The van der Waals surface area contributed by atoms with Crippen molar-refractivity contribution in [3.63, 3.8) is 0 Å². The molecular formula is C24H20N8O3. The highest BCUT2D eigenvalue weighted by molar-refractivity contribution is 6.07. The second kappa shape index (κ2) is 9.28. The number of aromatic hydroxyl groups is 1. The summed E-state index contributed by atoms with van der Waals surface area (Å²) >= 11 is 0. The lowest BCUT2D eigenvalue weighted by Gasteiger charge is -2.17. The van der Waals surface area contributed by atoms with Crippen LogP contribution >= 0.6 is 0 Å². The summed E-state index contributed by atoms with van der Waals surface area (Å²) in [7, 11) is 0. The van der Waals surface area contributed by atoms with Gasteiger partial charge in [-0.1, -0.05) is 12.1 Å². The van der Waals surface area contributed by atoms with Crippen molar-refractivity contribution in [3.8, 4) is 11.7 Å². The van der Waals surface area contributed by atoms with Crippen LogP contribution in [0.3, 0.4) is 0 Å². The molecule has 0 atom stereocenters. The minimum atomic E-state index is -0.304. The number of amides is 1. The molecule has 2 N–H and O–H groups in total. The molecule has 0 spiro atoms. The third-order valence-corrected chi connectivity index (χ3v) is 5.79. The summed E-state index contributed by atoms with van der Waals surface area (Å²) in [4.78, 5) is 26.6. The van der Waals surface area contributed by atoms with Gasteiger partial charge in [-0.25, -0.2) is 14.8 Å². The summed E-state index contributed by atoms with van der Waals surface area (Å²) < 4.78 is 1.28. The zero-order valence-electron chi connectivity index (χ0n) is 18.5. The van der Waals surface area contributed by atoms with Crippen molar-refractivity contribution in [2.45, 2.75) is 19.4 Å². The number of carbonyl (C=O) groups excluding carboxylic acids is 1. The second-order valence-corrected chi connectivity index (χ2v) is 7.96. The van der Waals surface area contributed by atoms with Crippen molar-refractivity contribution in [1.29, 1.82) is 0 Å². The first-order valence-corrected chi connectivity index (χ1v) is 10.9. The highest BCUT2D eigenvalue weighted by Crippen LogP contribution is 2.41. The van der Waals surface area contributed by atoms with Crippen LogP contribution in [0.25, 0.3) is 21.6 Å². The summed E-state index contributed by atoms with van der Waals surface area (Å²) in [5.41, 5.74) is 0.957. The van der Waals surface area contributed by atoms with E-state index in [-0.39, 0.29) is 47.0 Å². The Labute approximate surface area is 199 Å². The third kappa shape index (κ3) is 4.07. The van der Waals surface area contributed by atoms with Gasteiger partial charge in [0.1, 0.15) is 5.69 Å². The molecule has 5 rings (SSSR count). The molecule has 1 amide bonds. The molecule has 0 radical (unpaired) electrons. The number of azo groups is 1. The lowest BCUT2D eigenvalue weighted by atomic mass is 10.0. The fourth-order valence-corrected chi connectivity index (χ4v) is 4.03. The van der Waals surface area contributed by atoms with Gasteiger partial charge in [-0.2, -0.15) is 9.78 Å². The van der Waals surface area contributed by atoms with Gasteiger partial charge in [0.2, 0.25) is 0 Å². The number of rotatable bonds is 5. The van der Waals surface area contributed by atoms with E-state index in [4.69, 9.17) is 6.57 Å². The summed E-state index contributed by atoms with van der Waals surface area (Å²) in [6.07, 6.45) is 6.22. The number of fused-ring (bicyclic) bond motifs is 1. The Morgan fingerprint density at radius 2 is 1.91 bits per heavy atom. The number of carbonyl (C=O) groups is 1. The molecule has 2 aromatic carbocycles. The lowest BCUT2D eigenvalue weighted by molar-refractivity contribution is 0.0790. The molecule has 1 saturated heterocycles. The van der Waals surface area contributed by atoms with Gasteiger partial charge in [-0.15, -0.1) is 10.2 Å². The van der Waals surface area contributed by atoms with E-state index in [9.17, 15) is 15.0 Å². The first-order chi connectivity index (χ1) is 17.1. The van der Waals surface area contributed by atoms with E-state index in [0.717, 1.165) is 12.8 Å². The highest BCUT2D eigenvalue weighted by atomic mass is 16.3. The molecule has 4 aromatic rings. The van der Waals surface area contributed by atoms with Gasteiger partial charge in [0.15, 0.2) is 11.6 Å². The maximum atomic E-state index is 13.2. The van der Waals surface area contributed by atoms with Crippen LogP contribution in [-0.2, 0) is 6.61 Å². The molecule has 0 unspecified atom stereocenters. The maximum absolute atomic E-state index is 13.2. The Morgan fingerprint density at radius 1 is 1.14 bits per heavy atom. The molecule has 0 bridgehead atoms. The highest BCUT2D eigenvalue weighted by Gasteiger charge is 2.25. The fourth-order valence-electron chi connectivity index (χ4n) is 4.03. The van der Waals surface area contributed by atoms with Crippen LogP contribution in [0.15, 0.2) is 59.2 Å². The van der Waals surface area contributed by atoms with Crippen LogP contribution in [0, 0.1) is 6.57 Å². The van der Waals surface area contributed by atoms with Crippen LogP contribution in [0.5, 0.6) is 5.75 Å². The van der Waals surface area contributed by atoms with E-state index in [2.05, 4.69) is 30.1 Å². The molecular weight excluding hydrogens is 448 g/mol. The second-order valence-electron chi connectivity index (χ2n) is 7.96. The van der Waals surface area contributed by atoms with Crippen molar-refractivity contribution in [2.24, 2.45) is 10.2 Å². The maximum Gasteiger partial charge on any atom is 0.257 e. The van der Waals surface area contributed by atoms with Crippen LogP contribution in [-0.4, -0.2) is 53.9 Å². The number of hydrogen-bond acceptors (Lipinski definition) is 8. The zero-order chi connectivity index (χ0) is 24.4. The van der Waals surface area contributed by atoms with Crippen molar-refractivity contribution in [1.82, 2.24) is 24.6 Å². The van der Waals surface area contributed by atoms with Gasteiger partial charge < -0.3 is 15.1 Å². The quantitative estimate of drug-likeness (QED) is 0.333. The zero-order valence-corrected chi connectivity index (χ0v) is 18.5. The van der Waals surface area contributed by atoms with Crippen LogP contribution in [0.4, 0.5) is 17.2 Å². The van der Waals surface area contributed by atoms with E-state index in [1.165, 1.54) is 23.3 Å². The lowest BCUT2D eigenvalue weighted by Crippen LogP contribution is -2.27. The number of phenolic OH excluding ortho intramolecular Hbond substituents is 1. The van der Waals surface area contributed by atoms with Gasteiger partial charge in [0, 0.05) is 30.9 Å². The minimum absolute atomic E-state index is 0.0761. The minimum Gasteiger partial charge on any atom is -0.505 e. The topological polar surface area (TPSA) is 133 Å². The number of hydrogen-bond donors (Lipinski definition) is 2. The smallest absolute Gasteiger partial charge is 0.257 e. The monoisotopic (exact) mass is 468 g/mol. The molecule has 11 heteroatoms. The molecule has 0 aliphatic carbocycles. The first kappa shape index (κ1) is 22.1. The molecule has 11 nitrogen and oxygen atoms in total. The van der Waals surface area contributed by atoms with Crippen LogP contribution in [0.1, 0.15) is 28.8 Å². The van der Waals surface area contributed by atoms with Gasteiger partial charge in [-0.3, -0.25) is 4.79 Å².